The zero-order valence-corrected chi connectivity index (χ0v) is 9.56. The van der Waals surface area contributed by atoms with Crippen molar-refractivity contribution in [3.63, 3.8) is 0 Å². The second-order valence-electron chi connectivity index (χ2n) is 4.66. The molecule has 18 heavy (non-hydrogen) atoms. The molecule has 1 nitrogen and oxygen atoms in total. The standard InChI is InChI=1S/C13H12F4O/c14-10-4-1-3-9(7-10)12(8-13(15,16)17)6-2-5-11(12)18/h1,3-4,7H,2,5-6,8H2. The highest BCUT2D eigenvalue weighted by Gasteiger charge is 2.50. The first-order valence-corrected chi connectivity index (χ1v) is 5.70. The van der Waals surface area contributed by atoms with Gasteiger partial charge in [0.25, 0.3) is 0 Å². The summed E-state index contributed by atoms with van der Waals surface area (Å²) in [4.78, 5) is 11.9. The smallest absolute Gasteiger partial charge is 0.299 e. The van der Waals surface area contributed by atoms with Gasteiger partial charge in [0, 0.05) is 6.42 Å². The molecule has 1 atom stereocenters. The molecule has 0 N–H and O–H groups in total. The first-order valence-electron chi connectivity index (χ1n) is 5.70. The van der Waals surface area contributed by atoms with Crippen molar-refractivity contribution in [2.24, 2.45) is 0 Å². The molecule has 2 rings (SSSR count). The van der Waals surface area contributed by atoms with Gasteiger partial charge in [-0.25, -0.2) is 4.39 Å². The van der Waals surface area contributed by atoms with E-state index in [4.69, 9.17) is 0 Å². The van der Waals surface area contributed by atoms with Crippen LogP contribution in [0, 0.1) is 5.82 Å². The number of hydrogen-bond acceptors (Lipinski definition) is 1. The van der Waals surface area contributed by atoms with Crippen LogP contribution in [-0.4, -0.2) is 12.0 Å². The van der Waals surface area contributed by atoms with Gasteiger partial charge in [-0.15, -0.1) is 0 Å². The van der Waals surface area contributed by atoms with E-state index >= 15 is 0 Å². The van der Waals surface area contributed by atoms with Gasteiger partial charge in [-0.2, -0.15) is 13.2 Å². The number of ketones is 1. The highest BCUT2D eigenvalue weighted by atomic mass is 19.4. The Morgan fingerprint density at radius 1 is 1.28 bits per heavy atom. The molecule has 0 aliphatic heterocycles. The number of alkyl halides is 3. The average Bonchev–Trinajstić information content (AvgIpc) is 2.59. The highest BCUT2D eigenvalue weighted by molar-refractivity contribution is 5.92. The first kappa shape index (κ1) is 13.1. The zero-order chi connectivity index (χ0) is 13.4. The topological polar surface area (TPSA) is 17.1 Å². The van der Waals surface area contributed by atoms with Crippen molar-refractivity contribution in [1.29, 1.82) is 0 Å². The Labute approximate surface area is 102 Å². The summed E-state index contributed by atoms with van der Waals surface area (Å²) in [6.45, 7) is 0. The van der Waals surface area contributed by atoms with Gasteiger partial charge >= 0.3 is 6.18 Å². The van der Waals surface area contributed by atoms with Crippen LogP contribution in [0.1, 0.15) is 31.2 Å². The van der Waals surface area contributed by atoms with E-state index in [0.29, 0.717) is 6.42 Å². The third-order valence-corrected chi connectivity index (χ3v) is 3.42. The maximum absolute atomic E-state index is 13.2. The molecule has 0 radical (unpaired) electrons. The number of rotatable bonds is 2. The van der Waals surface area contributed by atoms with E-state index in [1.165, 1.54) is 12.1 Å². The van der Waals surface area contributed by atoms with Gasteiger partial charge in [-0.05, 0) is 30.5 Å². The second-order valence-corrected chi connectivity index (χ2v) is 4.66. The summed E-state index contributed by atoms with van der Waals surface area (Å²) in [5.41, 5.74) is -1.44. The molecule has 1 fully saturated rings. The summed E-state index contributed by atoms with van der Waals surface area (Å²) in [5, 5.41) is 0. The molecule has 1 aliphatic carbocycles. The molecule has 0 amide bonds. The lowest BCUT2D eigenvalue weighted by Crippen LogP contribution is -2.36. The van der Waals surface area contributed by atoms with E-state index < -0.39 is 29.6 Å². The van der Waals surface area contributed by atoms with E-state index in [1.807, 2.05) is 0 Å². The Balaban J connectivity index is 2.46. The Kier molecular flexibility index (Phi) is 3.17. The lowest BCUT2D eigenvalue weighted by molar-refractivity contribution is -0.155. The molecule has 0 bridgehead atoms. The quantitative estimate of drug-likeness (QED) is 0.740. The summed E-state index contributed by atoms with van der Waals surface area (Å²) in [5.74, 6) is -1.06. The maximum Gasteiger partial charge on any atom is 0.390 e. The summed E-state index contributed by atoms with van der Waals surface area (Å²) in [6.07, 6.45) is -4.96. The third kappa shape index (κ3) is 2.40. The Morgan fingerprint density at radius 2 is 2.00 bits per heavy atom. The number of carbonyl (C=O) groups excluding carboxylic acids is 1. The van der Waals surface area contributed by atoms with Crippen molar-refractivity contribution in [3.05, 3.63) is 35.6 Å². The van der Waals surface area contributed by atoms with E-state index in [2.05, 4.69) is 0 Å². The summed E-state index contributed by atoms with van der Waals surface area (Å²) in [7, 11) is 0. The van der Waals surface area contributed by atoms with Crippen molar-refractivity contribution in [2.75, 3.05) is 0 Å². The van der Waals surface area contributed by atoms with Crippen LogP contribution < -0.4 is 0 Å². The molecular formula is C13H12F4O. The summed E-state index contributed by atoms with van der Waals surface area (Å²) < 4.78 is 51.2. The highest BCUT2D eigenvalue weighted by Crippen LogP contribution is 2.45. The molecule has 0 heterocycles. The molecule has 1 aliphatic rings. The van der Waals surface area contributed by atoms with Gasteiger partial charge in [0.05, 0.1) is 11.8 Å². The lowest BCUT2D eigenvalue weighted by atomic mass is 9.75. The van der Waals surface area contributed by atoms with Gasteiger partial charge < -0.3 is 0 Å². The average molecular weight is 260 g/mol. The van der Waals surface area contributed by atoms with Crippen LogP contribution in [0.15, 0.2) is 24.3 Å². The number of Topliss-reactive ketones (excluding diaryl/α,β-unsaturated/α-hetero) is 1. The van der Waals surface area contributed by atoms with Crippen LogP contribution in [-0.2, 0) is 10.2 Å². The minimum Gasteiger partial charge on any atom is -0.299 e. The van der Waals surface area contributed by atoms with Crippen LogP contribution in [0.4, 0.5) is 17.6 Å². The largest absolute Gasteiger partial charge is 0.390 e. The molecule has 0 saturated heterocycles. The predicted octanol–water partition coefficient (Wildman–Crippen LogP) is 3.77. The van der Waals surface area contributed by atoms with Crippen molar-refractivity contribution in [1.82, 2.24) is 0 Å². The van der Waals surface area contributed by atoms with Crippen molar-refractivity contribution in [2.45, 2.75) is 37.3 Å². The van der Waals surface area contributed by atoms with Crippen LogP contribution in [0.2, 0.25) is 0 Å². The molecule has 0 spiro atoms. The van der Waals surface area contributed by atoms with Crippen LogP contribution in [0.5, 0.6) is 0 Å². The Morgan fingerprint density at radius 3 is 2.50 bits per heavy atom. The van der Waals surface area contributed by atoms with E-state index in [0.717, 1.165) is 12.1 Å². The molecule has 5 heteroatoms. The molecule has 0 aromatic heterocycles. The fourth-order valence-electron chi connectivity index (χ4n) is 2.65. The number of benzene rings is 1. The summed E-state index contributed by atoms with van der Waals surface area (Å²) in [6, 6.07) is 4.94. The molecule has 1 saturated carbocycles. The Bertz CT molecular complexity index is 466. The fourth-order valence-corrected chi connectivity index (χ4v) is 2.65. The number of carbonyl (C=O) groups is 1. The monoisotopic (exact) mass is 260 g/mol. The number of hydrogen-bond donors (Lipinski definition) is 0. The van der Waals surface area contributed by atoms with Crippen molar-refractivity contribution >= 4 is 5.78 Å². The van der Waals surface area contributed by atoms with Crippen molar-refractivity contribution < 1.29 is 22.4 Å². The minimum atomic E-state index is -4.44. The van der Waals surface area contributed by atoms with E-state index in [1.54, 1.807) is 0 Å². The molecule has 1 aromatic carbocycles. The van der Waals surface area contributed by atoms with Crippen LogP contribution >= 0.6 is 0 Å². The molecular weight excluding hydrogens is 248 g/mol. The zero-order valence-electron chi connectivity index (χ0n) is 9.56. The molecule has 1 aromatic rings. The van der Waals surface area contributed by atoms with E-state index in [-0.39, 0.29) is 18.4 Å². The lowest BCUT2D eigenvalue weighted by Gasteiger charge is -2.29. The molecule has 98 valence electrons. The van der Waals surface area contributed by atoms with E-state index in [9.17, 15) is 22.4 Å². The SMILES string of the molecule is O=C1CCCC1(CC(F)(F)F)c1cccc(F)c1. The number of halogens is 4. The van der Waals surface area contributed by atoms with Gasteiger partial charge in [-0.3, -0.25) is 4.79 Å². The normalized spacial score (nSPS) is 24.6. The maximum atomic E-state index is 13.2. The van der Waals surface area contributed by atoms with Crippen LogP contribution in [0.3, 0.4) is 0 Å². The first-order chi connectivity index (χ1) is 8.33. The summed E-state index contributed by atoms with van der Waals surface area (Å²) >= 11 is 0. The second kappa shape index (κ2) is 4.37. The fraction of sp³-hybridized carbons (Fsp3) is 0.462. The minimum absolute atomic E-state index is 0.132. The Hall–Kier alpha value is -1.39. The predicted molar refractivity (Wildman–Crippen MR) is 57.6 cm³/mol. The van der Waals surface area contributed by atoms with Gasteiger partial charge in [-0.1, -0.05) is 12.1 Å². The van der Waals surface area contributed by atoms with Gasteiger partial charge in [0.15, 0.2) is 0 Å². The molecule has 1 unspecified atom stereocenters. The van der Waals surface area contributed by atoms with Crippen LogP contribution in [0.25, 0.3) is 0 Å². The van der Waals surface area contributed by atoms with Gasteiger partial charge in [0.2, 0.25) is 0 Å². The van der Waals surface area contributed by atoms with Gasteiger partial charge in [0.1, 0.15) is 11.6 Å². The van der Waals surface area contributed by atoms with Crippen molar-refractivity contribution in [3.8, 4) is 0 Å². The third-order valence-electron chi connectivity index (χ3n) is 3.42.